The van der Waals surface area contributed by atoms with Crippen LogP contribution in [0.3, 0.4) is 0 Å². The average Bonchev–Trinajstić information content (AvgIpc) is 2.55. The van der Waals surface area contributed by atoms with E-state index in [1.54, 1.807) is 18.7 Å². The summed E-state index contributed by atoms with van der Waals surface area (Å²) in [5, 5.41) is 8.88. The third kappa shape index (κ3) is 2.74. The van der Waals surface area contributed by atoms with E-state index in [1.165, 1.54) is 0 Å². The molecule has 1 rings (SSSR count). The van der Waals surface area contributed by atoms with Crippen molar-refractivity contribution in [1.82, 2.24) is 4.90 Å². The highest BCUT2D eigenvalue weighted by molar-refractivity contribution is 5.84. The first-order valence-electron chi connectivity index (χ1n) is 5.76. The minimum Gasteiger partial charge on any atom is -0.481 e. The normalized spacial score (nSPS) is 22.9. The zero-order valence-corrected chi connectivity index (χ0v) is 10.5. The number of carbonyl (C=O) groups excluding carboxylic acids is 1. The maximum Gasteiger partial charge on any atom is 0.307 e. The highest BCUT2D eigenvalue weighted by Gasteiger charge is 2.36. The minimum atomic E-state index is -0.903. The first-order chi connectivity index (χ1) is 7.24. The number of carboxylic acid groups (broad SMARTS) is 1. The molecule has 4 nitrogen and oxygen atoms in total. The molecular formula is C12H21NO3. The van der Waals surface area contributed by atoms with E-state index in [9.17, 15) is 9.59 Å². The lowest BCUT2D eigenvalue weighted by molar-refractivity contribution is -0.148. The fourth-order valence-electron chi connectivity index (χ4n) is 2.02. The van der Waals surface area contributed by atoms with Crippen molar-refractivity contribution >= 4 is 11.9 Å². The average molecular weight is 227 g/mol. The molecule has 0 aromatic carbocycles. The van der Waals surface area contributed by atoms with Crippen molar-refractivity contribution < 1.29 is 14.7 Å². The zero-order chi connectivity index (χ0) is 12.5. The molecule has 0 saturated carbocycles. The number of hydrogen-bond donors (Lipinski definition) is 1. The van der Waals surface area contributed by atoms with Crippen LogP contribution in [-0.4, -0.2) is 35.0 Å². The molecule has 1 saturated heterocycles. The molecule has 1 amide bonds. The molecule has 0 aliphatic carbocycles. The number of amides is 1. The number of likely N-dealkylation sites (tertiary alicyclic amines) is 1. The zero-order valence-electron chi connectivity index (χ0n) is 10.5. The van der Waals surface area contributed by atoms with Gasteiger partial charge in [0.15, 0.2) is 0 Å². The van der Waals surface area contributed by atoms with Crippen LogP contribution < -0.4 is 0 Å². The van der Waals surface area contributed by atoms with E-state index in [0.717, 1.165) is 19.5 Å². The third-order valence-corrected chi connectivity index (χ3v) is 3.52. The number of nitrogens with zero attached hydrogens (tertiary/aromatic N) is 1. The van der Waals surface area contributed by atoms with Crippen LogP contribution in [0.15, 0.2) is 0 Å². The van der Waals surface area contributed by atoms with Crippen molar-refractivity contribution in [2.24, 2.45) is 17.3 Å². The molecule has 1 N–H and O–H groups in total. The van der Waals surface area contributed by atoms with Gasteiger partial charge in [0.2, 0.25) is 5.91 Å². The predicted molar refractivity (Wildman–Crippen MR) is 60.9 cm³/mol. The van der Waals surface area contributed by atoms with Crippen LogP contribution in [0, 0.1) is 17.3 Å². The predicted octanol–water partition coefficient (Wildman–Crippen LogP) is 1.60. The standard InChI is InChI=1S/C12H21NO3/c1-8(9(2)11(15)16)10(14)13-6-5-12(3,4)7-13/h8-9H,5-7H2,1-4H3,(H,15,16). The first-order valence-corrected chi connectivity index (χ1v) is 5.76. The highest BCUT2D eigenvalue weighted by Crippen LogP contribution is 2.30. The number of aliphatic carboxylic acids is 1. The molecule has 0 radical (unpaired) electrons. The summed E-state index contributed by atoms with van der Waals surface area (Å²) in [6.45, 7) is 9.04. The lowest BCUT2D eigenvalue weighted by atomic mass is 9.92. The van der Waals surface area contributed by atoms with Crippen molar-refractivity contribution in [3.8, 4) is 0 Å². The number of rotatable bonds is 3. The number of hydrogen-bond acceptors (Lipinski definition) is 2. The van der Waals surface area contributed by atoms with E-state index in [-0.39, 0.29) is 11.3 Å². The van der Waals surface area contributed by atoms with Gasteiger partial charge in [-0.2, -0.15) is 0 Å². The summed E-state index contributed by atoms with van der Waals surface area (Å²) in [6.07, 6.45) is 0.993. The van der Waals surface area contributed by atoms with Crippen LogP contribution >= 0.6 is 0 Å². The summed E-state index contributed by atoms with van der Waals surface area (Å²) in [7, 11) is 0. The Morgan fingerprint density at radius 3 is 2.19 bits per heavy atom. The molecule has 1 aliphatic heterocycles. The van der Waals surface area contributed by atoms with Crippen molar-refractivity contribution in [3.63, 3.8) is 0 Å². The maximum absolute atomic E-state index is 12.0. The number of carboxylic acids is 1. The SMILES string of the molecule is CC(C(=O)O)C(C)C(=O)N1CCC(C)(C)C1. The summed E-state index contributed by atoms with van der Waals surface area (Å²) in [5.41, 5.74) is 0.168. The Hall–Kier alpha value is -1.06. The number of carbonyl (C=O) groups is 2. The van der Waals surface area contributed by atoms with Gasteiger partial charge in [0.25, 0.3) is 0 Å². The Morgan fingerprint density at radius 1 is 1.25 bits per heavy atom. The molecule has 0 aromatic heterocycles. The van der Waals surface area contributed by atoms with Crippen molar-refractivity contribution in [3.05, 3.63) is 0 Å². The fourth-order valence-corrected chi connectivity index (χ4v) is 2.02. The summed E-state index contributed by atoms with van der Waals surface area (Å²) in [6, 6.07) is 0. The molecule has 1 aliphatic rings. The van der Waals surface area contributed by atoms with Gasteiger partial charge in [-0.3, -0.25) is 9.59 Å². The van der Waals surface area contributed by atoms with E-state index in [2.05, 4.69) is 13.8 Å². The lowest BCUT2D eigenvalue weighted by Crippen LogP contribution is -2.38. The van der Waals surface area contributed by atoms with E-state index in [1.807, 2.05) is 0 Å². The monoisotopic (exact) mass is 227 g/mol. The Labute approximate surface area is 96.6 Å². The molecule has 92 valence electrons. The molecular weight excluding hydrogens is 206 g/mol. The van der Waals surface area contributed by atoms with Crippen LogP contribution in [0.5, 0.6) is 0 Å². The molecule has 1 fully saturated rings. The Morgan fingerprint density at radius 2 is 1.81 bits per heavy atom. The largest absolute Gasteiger partial charge is 0.481 e. The Bertz CT molecular complexity index is 299. The van der Waals surface area contributed by atoms with Crippen molar-refractivity contribution in [2.75, 3.05) is 13.1 Å². The van der Waals surface area contributed by atoms with Crippen molar-refractivity contribution in [2.45, 2.75) is 34.1 Å². The molecule has 2 atom stereocenters. The second kappa shape index (κ2) is 4.44. The molecule has 16 heavy (non-hydrogen) atoms. The van der Waals surface area contributed by atoms with E-state index in [0.29, 0.717) is 0 Å². The minimum absolute atomic E-state index is 0.0273. The van der Waals surface area contributed by atoms with Gasteiger partial charge in [-0.25, -0.2) is 0 Å². The summed E-state index contributed by atoms with van der Waals surface area (Å²) in [4.78, 5) is 24.7. The first kappa shape index (κ1) is 13.0. The smallest absolute Gasteiger partial charge is 0.307 e. The highest BCUT2D eigenvalue weighted by atomic mass is 16.4. The van der Waals surface area contributed by atoms with E-state index >= 15 is 0 Å². The molecule has 4 heteroatoms. The van der Waals surface area contributed by atoms with Gasteiger partial charge in [-0.1, -0.05) is 27.7 Å². The van der Waals surface area contributed by atoms with Crippen LogP contribution in [-0.2, 0) is 9.59 Å². The van der Waals surface area contributed by atoms with Gasteiger partial charge in [-0.15, -0.1) is 0 Å². The molecule has 0 aromatic rings. The van der Waals surface area contributed by atoms with Gasteiger partial charge in [0.05, 0.1) is 5.92 Å². The van der Waals surface area contributed by atoms with Crippen LogP contribution in [0.2, 0.25) is 0 Å². The van der Waals surface area contributed by atoms with E-state index < -0.39 is 17.8 Å². The van der Waals surface area contributed by atoms with Crippen LogP contribution in [0.25, 0.3) is 0 Å². The van der Waals surface area contributed by atoms with E-state index in [4.69, 9.17) is 5.11 Å². The van der Waals surface area contributed by atoms with Gasteiger partial charge in [-0.05, 0) is 11.8 Å². The second-order valence-electron chi connectivity index (χ2n) is 5.59. The Kier molecular flexibility index (Phi) is 3.61. The summed E-state index contributed by atoms with van der Waals surface area (Å²) in [5.74, 6) is -1.98. The van der Waals surface area contributed by atoms with Crippen LogP contribution in [0.4, 0.5) is 0 Å². The van der Waals surface area contributed by atoms with Crippen LogP contribution in [0.1, 0.15) is 34.1 Å². The van der Waals surface area contributed by atoms with Gasteiger partial charge < -0.3 is 10.0 Å². The summed E-state index contributed by atoms with van der Waals surface area (Å²) < 4.78 is 0. The Balaban J connectivity index is 2.62. The quantitative estimate of drug-likeness (QED) is 0.796. The van der Waals surface area contributed by atoms with Crippen molar-refractivity contribution in [1.29, 1.82) is 0 Å². The maximum atomic E-state index is 12.0. The third-order valence-electron chi connectivity index (χ3n) is 3.52. The van der Waals surface area contributed by atoms with Gasteiger partial charge >= 0.3 is 5.97 Å². The second-order valence-corrected chi connectivity index (χ2v) is 5.59. The lowest BCUT2D eigenvalue weighted by Gasteiger charge is -2.24. The van der Waals surface area contributed by atoms with Gasteiger partial charge in [0.1, 0.15) is 0 Å². The molecule has 0 spiro atoms. The molecule has 2 unspecified atom stereocenters. The summed E-state index contributed by atoms with van der Waals surface area (Å²) >= 11 is 0. The van der Waals surface area contributed by atoms with Gasteiger partial charge in [0, 0.05) is 19.0 Å². The fraction of sp³-hybridized carbons (Fsp3) is 0.833. The topological polar surface area (TPSA) is 57.6 Å². The molecule has 0 bridgehead atoms. The molecule has 1 heterocycles.